The van der Waals surface area contributed by atoms with Crippen LogP contribution in [-0.4, -0.2) is 81.4 Å². The number of carbonyl (C=O) groups is 1. The Morgan fingerprint density at radius 1 is 1.03 bits per heavy atom. The van der Waals surface area contributed by atoms with Gasteiger partial charge in [0.1, 0.15) is 5.75 Å². The van der Waals surface area contributed by atoms with Crippen LogP contribution in [0.25, 0.3) is 6.08 Å². The molecule has 32 heavy (non-hydrogen) atoms. The molecule has 2 aromatic carbocycles. The molecule has 0 N–H and O–H groups in total. The lowest BCUT2D eigenvalue weighted by Crippen LogP contribution is -2.51. The maximum absolute atomic E-state index is 12.8. The molecular weight excluding hydrogens is 426 g/mol. The van der Waals surface area contributed by atoms with Crippen LogP contribution in [-0.2, 0) is 14.8 Å². The largest absolute Gasteiger partial charge is 0.494 e. The van der Waals surface area contributed by atoms with Crippen LogP contribution in [0.15, 0.2) is 65.6 Å². The maximum atomic E-state index is 12.8. The van der Waals surface area contributed by atoms with Crippen molar-refractivity contribution in [2.24, 2.45) is 0 Å². The van der Waals surface area contributed by atoms with Gasteiger partial charge in [-0.1, -0.05) is 42.5 Å². The van der Waals surface area contributed by atoms with E-state index >= 15 is 0 Å². The number of likely N-dealkylation sites (N-methyl/N-ethyl adjacent to an activating group) is 1. The quantitative estimate of drug-likeness (QED) is 0.579. The van der Waals surface area contributed by atoms with E-state index in [2.05, 4.69) is 29.2 Å². The molecule has 0 aromatic heterocycles. The Balaban J connectivity index is 1.48. The molecule has 0 atom stereocenters. The van der Waals surface area contributed by atoms with Gasteiger partial charge in [-0.15, -0.1) is 0 Å². The summed E-state index contributed by atoms with van der Waals surface area (Å²) in [6.45, 7) is 5.74. The number of sulfonamides is 1. The molecular formula is C24H31N3O4S. The lowest BCUT2D eigenvalue weighted by molar-refractivity contribution is -0.132. The lowest BCUT2D eigenvalue weighted by Gasteiger charge is -2.34. The van der Waals surface area contributed by atoms with Crippen molar-refractivity contribution >= 4 is 22.0 Å². The molecule has 0 radical (unpaired) electrons. The number of carbonyl (C=O) groups excluding carboxylic acids is 1. The van der Waals surface area contributed by atoms with Gasteiger partial charge in [-0.2, -0.15) is 4.31 Å². The van der Waals surface area contributed by atoms with Crippen molar-refractivity contribution in [3.05, 3.63) is 66.2 Å². The van der Waals surface area contributed by atoms with Crippen LogP contribution in [0.1, 0.15) is 12.5 Å². The highest BCUT2D eigenvalue weighted by Crippen LogP contribution is 2.19. The number of hydrogen-bond acceptors (Lipinski definition) is 5. The number of nitrogens with zero attached hydrogens (tertiary/aromatic N) is 3. The highest BCUT2D eigenvalue weighted by atomic mass is 32.2. The van der Waals surface area contributed by atoms with Crippen LogP contribution >= 0.6 is 0 Å². The number of amides is 1. The van der Waals surface area contributed by atoms with E-state index in [0.717, 1.165) is 29.5 Å². The van der Waals surface area contributed by atoms with Crippen molar-refractivity contribution in [2.45, 2.75) is 11.8 Å². The molecule has 1 fully saturated rings. The first kappa shape index (κ1) is 24.0. The van der Waals surface area contributed by atoms with Crippen LogP contribution in [0.2, 0.25) is 0 Å². The van der Waals surface area contributed by atoms with Gasteiger partial charge in [0.2, 0.25) is 15.9 Å². The van der Waals surface area contributed by atoms with Gasteiger partial charge in [0.05, 0.1) is 18.0 Å². The fourth-order valence-corrected chi connectivity index (χ4v) is 4.63. The molecule has 0 unspecified atom stereocenters. The molecule has 2 aromatic rings. The van der Waals surface area contributed by atoms with Crippen LogP contribution in [0.4, 0.5) is 0 Å². The molecule has 0 saturated carbocycles. The summed E-state index contributed by atoms with van der Waals surface area (Å²) in [5.41, 5.74) is 1.16. The summed E-state index contributed by atoms with van der Waals surface area (Å²) in [5.74, 6) is 0.433. The Kier molecular flexibility index (Phi) is 8.44. The first-order valence-electron chi connectivity index (χ1n) is 10.8. The third-order valence-corrected chi connectivity index (χ3v) is 7.22. The molecule has 0 bridgehead atoms. The third-order valence-electron chi connectivity index (χ3n) is 5.40. The van der Waals surface area contributed by atoms with E-state index in [-0.39, 0.29) is 17.3 Å². The van der Waals surface area contributed by atoms with Gasteiger partial charge in [-0.05, 0) is 36.8 Å². The molecule has 0 spiro atoms. The second-order valence-electron chi connectivity index (χ2n) is 7.66. The van der Waals surface area contributed by atoms with E-state index in [4.69, 9.17) is 4.74 Å². The van der Waals surface area contributed by atoms with Gasteiger partial charge in [0.15, 0.2) is 0 Å². The van der Waals surface area contributed by atoms with Crippen LogP contribution in [0.5, 0.6) is 5.75 Å². The second kappa shape index (κ2) is 11.3. The molecule has 8 heteroatoms. The Morgan fingerprint density at radius 2 is 1.69 bits per heavy atom. The smallest absolute Gasteiger partial charge is 0.243 e. The van der Waals surface area contributed by atoms with Crippen molar-refractivity contribution in [2.75, 3.05) is 52.9 Å². The van der Waals surface area contributed by atoms with E-state index in [1.807, 2.05) is 25.1 Å². The standard InChI is InChI=1S/C24H31N3O4S/c1-3-31-22-11-13-23(14-12-22)32(29,30)25(2)20-24(28)27-18-16-26(17-19-27)15-7-10-21-8-5-4-6-9-21/h4-14H,3,15-20H2,1-2H3/b10-7+. The zero-order chi connectivity index (χ0) is 23.0. The third kappa shape index (κ3) is 6.41. The molecule has 172 valence electrons. The number of rotatable bonds is 9. The molecule has 1 amide bonds. The van der Waals surface area contributed by atoms with E-state index in [0.29, 0.717) is 25.4 Å². The maximum Gasteiger partial charge on any atom is 0.243 e. The Morgan fingerprint density at radius 3 is 2.31 bits per heavy atom. The van der Waals surface area contributed by atoms with E-state index in [1.54, 1.807) is 17.0 Å². The molecule has 1 heterocycles. The summed E-state index contributed by atoms with van der Waals surface area (Å²) in [7, 11) is -2.30. The zero-order valence-electron chi connectivity index (χ0n) is 18.7. The zero-order valence-corrected chi connectivity index (χ0v) is 19.5. The summed E-state index contributed by atoms with van der Waals surface area (Å²) in [4.78, 5) is 16.9. The molecule has 0 aliphatic carbocycles. The summed E-state index contributed by atoms with van der Waals surface area (Å²) in [6, 6.07) is 16.4. The number of piperazine rings is 1. The van der Waals surface area contributed by atoms with Crippen molar-refractivity contribution < 1.29 is 17.9 Å². The predicted octanol–water partition coefficient (Wildman–Crippen LogP) is 2.56. The molecule has 1 saturated heterocycles. The van der Waals surface area contributed by atoms with Crippen LogP contribution in [0, 0.1) is 0 Å². The highest BCUT2D eigenvalue weighted by Gasteiger charge is 2.27. The number of hydrogen-bond donors (Lipinski definition) is 0. The minimum Gasteiger partial charge on any atom is -0.494 e. The van der Waals surface area contributed by atoms with Crippen LogP contribution < -0.4 is 4.74 Å². The fraction of sp³-hybridized carbons (Fsp3) is 0.375. The molecule has 1 aliphatic rings. The van der Waals surface area contributed by atoms with Crippen molar-refractivity contribution in [3.8, 4) is 5.75 Å². The van der Waals surface area contributed by atoms with Crippen LogP contribution in [0.3, 0.4) is 0 Å². The fourth-order valence-electron chi connectivity index (χ4n) is 3.51. The molecule has 1 aliphatic heterocycles. The van der Waals surface area contributed by atoms with E-state index in [9.17, 15) is 13.2 Å². The predicted molar refractivity (Wildman–Crippen MR) is 126 cm³/mol. The van der Waals surface area contributed by atoms with Gasteiger partial charge in [-0.25, -0.2) is 8.42 Å². The van der Waals surface area contributed by atoms with Crippen molar-refractivity contribution in [1.82, 2.24) is 14.1 Å². The van der Waals surface area contributed by atoms with Crippen molar-refractivity contribution in [1.29, 1.82) is 0 Å². The topological polar surface area (TPSA) is 70.2 Å². The number of ether oxygens (including phenoxy) is 1. The normalized spacial score (nSPS) is 15.4. The molecule has 7 nitrogen and oxygen atoms in total. The van der Waals surface area contributed by atoms with Gasteiger partial charge >= 0.3 is 0 Å². The monoisotopic (exact) mass is 457 g/mol. The first-order valence-corrected chi connectivity index (χ1v) is 12.2. The number of benzene rings is 2. The average molecular weight is 458 g/mol. The summed E-state index contributed by atoms with van der Waals surface area (Å²) in [6.07, 6.45) is 4.22. The average Bonchev–Trinajstić information content (AvgIpc) is 2.81. The first-order chi connectivity index (χ1) is 15.4. The molecule has 3 rings (SSSR count). The van der Waals surface area contributed by atoms with Gasteiger partial charge in [-0.3, -0.25) is 9.69 Å². The van der Waals surface area contributed by atoms with Gasteiger partial charge < -0.3 is 9.64 Å². The van der Waals surface area contributed by atoms with Gasteiger partial charge in [0, 0.05) is 39.8 Å². The summed E-state index contributed by atoms with van der Waals surface area (Å²) >= 11 is 0. The van der Waals surface area contributed by atoms with E-state index in [1.165, 1.54) is 19.2 Å². The Bertz CT molecular complexity index is 999. The summed E-state index contributed by atoms with van der Waals surface area (Å²) in [5, 5.41) is 0. The Labute approximate surface area is 190 Å². The minimum atomic E-state index is -3.74. The lowest BCUT2D eigenvalue weighted by atomic mass is 10.2. The second-order valence-corrected chi connectivity index (χ2v) is 9.70. The summed E-state index contributed by atoms with van der Waals surface area (Å²) < 4.78 is 32.1. The van der Waals surface area contributed by atoms with Gasteiger partial charge in [0.25, 0.3) is 0 Å². The van der Waals surface area contributed by atoms with Crippen molar-refractivity contribution in [3.63, 3.8) is 0 Å². The SMILES string of the molecule is CCOc1ccc(S(=O)(=O)N(C)CC(=O)N2CCN(C/C=C/c3ccccc3)CC2)cc1. The Hall–Kier alpha value is -2.68. The highest BCUT2D eigenvalue weighted by molar-refractivity contribution is 7.89. The van der Waals surface area contributed by atoms with E-state index < -0.39 is 10.0 Å². The minimum absolute atomic E-state index is 0.145.